The van der Waals surface area contributed by atoms with Crippen molar-refractivity contribution < 1.29 is 68.5 Å². The van der Waals surface area contributed by atoms with Crippen LogP contribution in [-0.2, 0) is 30.3 Å². The summed E-state index contributed by atoms with van der Waals surface area (Å²) in [6.07, 6.45) is -2.25. The fraction of sp³-hybridized carbons (Fsp3) is 0.571. The van der Waals surface area contributed by atoms with Gasteiger partial charge in [-0.2, -0.15) is 0 Å². The second kappa shape index (κ2) is 17.6. The second-order valence-corrected chi connectivity index (χ2v) is 16.6. The number of rotatable bonds is 11. The van der Waals surface area contributed by atoms with Crippen molar-refractivity contribution in [3.63, 3.8) is 0 Å². The molecule has 0 aromatic heterocycles. The molecule has 0 radical (unpaired) electrons. The van der Waals surface area contributed by atoms with Gasteiger partial charge in [0.2, 0.25) is 17.6 Å². The van der Waals surface area contributed by atoms with Crippen LogP contribution in [0.4, 0.5) is 4.79 Å². The van der Waals surface area contributed by atoms with E-state index in [1.165, 1.54) is 39.3 Å². The first-order valence-electron chi connectivity index (χ1n) is 20.2. The number of benzene rings is 2. The molecular formula is C42H54N4O14. The molecule has 9 N–H and O–H groups in total. The highest BCUT2D eigenvalue weighted by atomic mass is 16.7. The fourth-order valence-corrected chi connectivity index (χ4v) is 9.16. The Bertz CT molecular complexity index is 2070. The van der Waals surface area contributed by atoms with Gasteiger partial charge in [-0.05, 0) is 37.7 Å². The molecule has 1 saturated heterocycles. The van der Waals surface area contributed by atoms with E-state index < -0.39 is 132 Å². The summed E-state index contributed by atoms with van der Waals surface area (Å²) in [6, 6.07) is 0.334. The van der Waals surface area contributed by atoms with Crippen LogP contribution >= 0.6 is 0 Å². The smallest absolute Gasteiger partial charge is 0.324 e. The van der Waals surface area contributed by atoms with Crippen molar-refractivity contribution in [3.05, 3.63) is 51.6 Å². The van der Waals surface area contributed by atoms with Gasteiger partial charge in [0.25, 0.3) is 0 Å². The number of likely N-dealkylation sites (N-methyl/N-ethyl adjacent to an activating group) is 1. The van der Waals surface area contributed by atoms with E-state index in [1.807, 2.05) is 0 Å². The molecular weight excluding hydrogens is 784 g/mol. The highest BCUT2D eigenvalue weighted by Gasteiger charge is 2.50. The third-order valence-corrected chi connectivity index (χ3v) is 12.4. The zero-order valence-electron chi connectivity index (χ0n) is 34.2. The Balaban J connectivity index is 1.26. The van der Waals surface area contributed by atoms with Crippen LogP contribution in [0.25, 0.3) is 0 Å². The Morgan fingerprint density at radius 1 is 1.02 bits per heavy atom. The van der Waals surface area contributed by atoms with Crippen LogP contribution in [0.15, 0.2) is 18.2 Å². The van der Waals surface area contributed by atoms with E-state index in [1.54, 1.807) is 13.8 Å². The lowest BCUT2D eigenvalue weighted by Crippen LogP contribution is -2.61. The number of carbonyl (C=O) groups excluding carboxylic acids is 6. The van der Waals surface area contributed by atoms with Gasteiger partial charge in [0, 0.05) is 43.0 Å². The number of imide groups is 1. The SMILES string of the molecule is COc1cccc2c1C(=O)c1c(O)c3c(c(O)c1C2=O)C[C@@](O)(C(=O)CO)C[C@@H]3OC1CC(NC(=O)[C@H](C(C)C)N(C)C(=O)NC(=O)[C@@H](N)C2CCCCC2)C(O)C(C)O1. The molecule has 4 amide bonds. The molecule has 2 aromatic rings. The van der Waals surface area contributed by atoms with Crippen LogP contribution in [0.1, 0.15) is 115 Å². The number of ether oxygens (including phenoxy) is 3. The number of hydrogen-bond acceptors (Lipinski definition) is 15. The molecule has 60 heavy (non-hydrogen) atoms. The summed E-state index contributed by atoms with van der Waals surface area (Å²) in [5, 5.41) is 61.2. The molecule has 326 valence electrons. The zero-order chi connectivity index (χ0) is 44.0. The van der Waals surface area contributed by atoms with Crippen molar-refractivity contribution in [2.24, 2.45) is 17.6 Å². The van der Waals surface area contributed by atoms with E-state index >= 15 is 0 Å². The van der Waals surface area contributed by atoms with Gasteiger partial charge < -0.3 is 55.7 Å². The molecule has 0 bridgehead atoms. The molecule has 18 heteroatoms. The maximum absolute atomic E-state index is 14.0. The number of carbonyl (C=O) groups is 6. The number of phenolic OH excluding ortho intramolecular Hbond substituents is 2. The number of nitrogens with two attached hydrogens (primary N) is 1. The number of aliphatic hydroxyl groups excluding tert-OH is 2. The van der Waals surface area contributed by atoms with Crippen LogP contribution in [0.2, 0.25) is 0 Å². The molecule has 18 nitrogen and oxygen atoms in total. The van der Waals surface area contributed by atoms with Crippen molar-refractivity contribution in [1.82, 2.24) is 15.5 Å². The predicted octanol–water partition coefficient (Wildman–Crippen LogP) is 1.26. The number of urea groups is 1. The number of nitrogens with one attached hydrogen (secondary N) is 2. The van der Waals surface area contributed by atoms with E-state index in [9.17, 15) is 54.3 Å². The molecule has 0 spiro atoms. The molecule has 3 aliphatic carbocycles. The van der Waals surface area contributed by atoms with Gasteiger partial charge in [-0.3, -0.25) is 29.3 Å². The minimum absolute atomic E-state index is 0.0407. The van der Waals surface area contributed by atoms with Gasteiger partial charge in [-0.1, -0.05) is 45.2 Å². The van der Waals surface area contributed by atoms with E-state index in [0.717, 1.165) is 37.0 Å². The second-order valence-electron chi connectivity index (χ2n) is 16.6. The highest BCUT2D eigenvalue weighted by molar-refractivity contribution is 6.31. The van der Waals surface area contributed by atoms with E-state index in [4.69, 9.17) is 19.9 Å². The van der Waals surface area contributed by atoms with Gasteiger partial charge in [0.15, 0.2) is 17.9 Å². The van der Waals surface area contributed by atoms with Crippen molar-refractivity contribution in [2.45, 2.75) is 120 Å². The highest BCUT2D eigenvalue weighted by Crippen LogP contribution is 2.52. The zero-order valence-corrected chi connectivity index (χ0v) is 34.2. The number of fused-ring (bicyclic) bond motifs is 3. The summed E-state index contributed by atoms with van der Waals surface area (Å²) < 4.78 is 17.6. The van der Waals surface area contributed by atoms with E-state index in [-0.39, 0.29) is 40.3 Å². The topological polar surface area (TPSA) is 285 Å². The summed E-state index contributed by atoms with van der Waals surface area (Å²) >= 11 is 0. The van der Waals surface area contributed by atoms with E-state index in [2.05, 4.69) is 10.6 Å². The Labute approximate surface area is 346 Å². The van der Waals surface area contributed by atoms with Crippen LogP contribution < -0.4 is 21.1 Å². The fourth-order valence-electron chi connectivity index (χ4n) is 9.16. The molecule has 4 unspecified atom stereocenters. The summed E-state index contributed by atoms with van der Waals surface area (Å²) in [7, 11) is 2.65. The molecule has 8 atom stereocenters. The lowest BCUT2D eigenvalue weighted by atomic mass is 9.72. The number of nitrogens with zero attached hydrogens (tertiary/aromatic N) is 1. The predicted molar refractivity (Wildman–Crippen MR) is 210 cm³/mol. The first kappa shape index (κ1) is 44.6. The maximum atomic E-state index is 14.0. The number of Topliss-reactive ketones (excluding diaryl/α,β-unsaturated/α-hetero) is 1. The summed E-state index contributed by atoms with van der Waals surface area (Å²) in [6.45, 7) is 3.78. The first-order valence-corrected chi connectivity index (χ1v) is 20.2. The van der Waals surface area contributed by atoms with Crippen molar-refractivity contribution >= 4 is 35.2 Å². The normalized spacial score (nSPS) is 26.3. The summed E-state index contributed by atoms with van der Waals surface area (Å²) in [5.74, 6) is -6.10. The number of ketones is 3. The third-order valence-electron chi connectivity index (χ3n) is 12.4. The number of amides is 4. The number of hydrogen-bond donors (Lipinski definition) is 8. The molecule has 1 heterocycles. The monoisotopic (exact) mass is 838 g/mol. The molecule has 1 aliphatic heterocycles. The summed E-state index contributed by atoms with van der Waals surface area (Å²) in [5.41, 5.74) is 1.93. The third kappa shape index (κ3) is 8.11. The lowest BCUT2D eigenvalue weighted by Gasteiger charge is -2.43. The summed E-state index contributed by atoms with van der Waals surface area (Å²) in [4.78, 5) is 82.1. The quantitative estimate of drug-likeness (QED) is 0.126. The molecule has 1 saturated carbocycles. The van der Waals surface area contributed by atoms with Gasteiger partial charge >= 0.3 is 6.03 Å². The number of phenols is 2. The van der Waals surface area contributed by atoms with Crippen molar-refractivity contribution in [3.8, 4) is 17.2 Å². The number of aliphatic hydroxyl groups is 3. The van der Waals surface area contributed by atoms with Gasteiger partial charge in [-0.15, -0.1) is 0 Å². The van der Waals surface area contributed by atoms with Gasteiger partial charge in [0.05, 0.1) is 48.1 Å². The van der Waals surface area contributed by atoms with Crippen LogP contribution in [-0.4, -0.2) is 129 Å². The van der Waals surface area contributed by atoms with Crippen molar-refractivity contribution in [2.75, 3.05) is 20.8 Å². The Kier molecular flexibility index (Phi) is 13.0. The van der Waals surface area contributed by atoms with Crippen LogP contribution in [0.5, 0.6) is 17.2 Å². The lowest BCUT2D eigenvalue weighted by molar-refractivity contribution is -0.249. The standard InChI is InChI=1S/C42H54N4O14/c1-18(2)33(46(4)41(56)45-39(54)32(43)20-10-7-6-8-11-20)40(55)44-23-14-27(59-19(3)34(23)49)60-25-16-42(57,26(48)17-47)15-22-29(25)38(53)31-30(36(22)51)35(50)21-12-9-13-24(58-5)28(21)37(31)52/h9,12-13,18-20,23,25,27,32-34,47,49,51,53,57H,6-8,10-11,14-17,43H2,1-5H3,(H,44,55)(H,45,54,56)/t19?,23?,25-,27?,32-,33-,34?,42-/m0/s1. The average molecular weight is 839 g/mol. The van der Waals surface area contributed by atoms with Crippen molar-refractivity contribution in [1.29, 1.82) is 0 Å². The first-order chi connectivity index (χ1) is 28.3. The van der Waals surface area contributed by atoms with E-state index in [0.29, 0.717) is 0 Å². The van der Waals surface area contributed by atoms with Crippen LogP contribution in [0, 0.1) is 11.8 Å². The minimum Gasteiger partial charge on any atom is -0.507 e. The molecule has 4 aliphatic rings. The number of methoxy groups -OCH3 is 1. The minimum atomic E-state index is -2.39. The largest absolute Gasteiger partial charge is 0.507 e. The average Bonchev–Trinajstić information content (AvgIpc) is 3.21. The van der Waals surface area contributed by atoms with Gasteiger partial charge in [-0.25, -0.2) is 4.79 Å². The molecule has 6 rings (SSSR count). The Morgan fingerprint density at radius 3 is 2.32 bits per heavy atom. The Hall–Kier alpha value is -4.98. The van der Waals surface area contributed by atoms with Crippen LogP contribution in [0.3, 0.4) is 0 Å². The number of aromatic hydroxyl groups is 2. The van der Waals surface area contributed by atoms with Gasteiger partial charge in [0.1, 0.15) is 41.6 Å². The maximum Gasteiger partial charge on any atom is 0.324 e. The Morgan fingerprint density at radius 2 is 1.68 bits per heavy atom. The molecule has 2 fully saturated rings. The molecule has 2 aromatic carbocycles.